The number of halogens is 1. The zero-order chi connectivity index (χ0) is 21.8. The number of hydrogen-bond donors (Lipinski definition) is 1. The number of ether oxygens (including phenoxy) is 3. The van der Waals surface area contributed by atoms with Crippen LogP contribution in [0.5, 0.6) is 11.5 Å². The number of benzene rings is 2. The van der Waals surface area contributed by atoms with Gasteiger partial charge in [-0.15, -0.1) is 0 Å². The molecule has 158 valence electrons. The number of ketones is 1. The quantitative estimate of drug-likeness (QED) is 0.410. The van der Waals surface area contributed by atoms with Gasteiger partial charge in [-0.2, -0.15) is 0 Å². The summed E-state index contributed by atoms with van der Waals surface area (Å²) >= 11 is 6.28. The van der Waals surface area contributed by atoms with E-state index in [1.165, 1.54) is 32.3 Å². The highest BCUT2D eigenvalue weighted by atomic mass is 35.5. The Bertz CT molecular complexity index is 1000. The van der Waals surface area contributed by atoms with E-state index >= 15 is 0 Å². The fourth-order valence-corrected chi connectivity index (χ4v) is 3.68. The molecule has 1 aliphatic heterocycles. The number of hydrogen-bond acceptors (Lipinski definition) is 6. The predicted molar refractivity (Wildman–Crippen MR) is 112 cm³/mol. The summed E-state index contributed by atoms with van der Waals surface area (Å²) in [4.78, 5) is 27.2. The van der Waals surface area contributed by atoms with Crippen molar-refractivity contribution in [2.75, 3.05) is 34.5 Å². The van der Waals surface area contributed by atoms with E-state index < -0.39 is 17.7 Å². The smallest absolute Gasteiger partial charge is 0.295 e. The number of amides is 1. The first-order valence-corrected chi connectivity index (χ1v) is 9.56. The molecule has 0 spiro atoms. The normalized spacial score (nSPS) is 18.0. The van der Waals surface area contributed by atoms with Crippen molar-refractivity contribution in [3.8, 4) is 11.5 Å². The van der Waals surface area contributed by atoms with Crippen LogP contribution < -0.4 is 9.47 Å². The highest BCUT2D eigenvalue weighted by Gasteiger charge is 2.47. The van der Waals surface area contributed by atoms with Crippen molar-refractivity contribution < 1.29 is 28.9 Å². The number of carbonyl (C=O) groups is 2. The van der Waals surface area contributed by atoms with Crippen LogP contribution in [0.25, 0.3) is 5.76 Å². The zero-order valence-electron chi connectivity index (χ0n) is 16.8. The van der Waals surface area contributed by atoms with Gasteiger partial charge >= 0.3 is 0 Å². The van der Waals surface area contributed by atoms with Crippen LogP contribution in [0.2, 0.25) is 5.02 Å². The Morgan fingerprint density at radius 2 is 1.83 bits per heavy atom. The van der Waals surface area contributed by atoms with Crippen LogP contribution in [0.1, 0.15) is 17.2 Å². The van der Waals surface area contributed by atoms with Gasteiger partial charge in [-0.3, -0.25) is 9.59 Å². The molecule has 3 rings (SSSR count). The van der Waals surface area contributed by atoms with Gasteiger partial charge in [0, 0.05) is 24.8 Å². The van der Waals surface area contributed by atoms with Crippen LogP contribution in [0, 0.1) is 0 Å². The molecule has 1 amide bonds. The molecule has 2 aromatic rings. The van der Waals surface area contributed by atoms with Gasteiger partial charge in [0.25, 0.3) is 11.7 Å². The Hall–Kier alpha value is -3.03. The van der Waals surface area contributed by atoms with Crippen LogP contribution in [0.15, 0.2) is 48.0 Å². The monoisotopic (exact) mass is 431 g/mol. The maximum absolute atomic E-state index is 13.0. The molecule has 1 N–H and O–H groups in total. The number of para-hydroxylation sites is 1. The van der Waals surface area contributed by atoms with Crippen molar-refractivity contribution in [2.45, 2.75) is 6.04 Å². The SMILES string of the molecule is COCCN1C(=O)C(=O)/C(=C(/O)c2cc(OC)ccc2Cl)C1c1ccccc1OC. The third-order valence-electron chi connectivity index (χ3n) is 4.94. The summed E-state index contributed by atoms with van der Waals surface area (Å²) in [5.74, 6) is -0.993. The molecule has 0 saturated carbocycles. The van der Waals surface area contributed by atoms with Gasteiger partial charge in [-0.05, 0) is 24.3 Å². The first kappa shape index (κ1) is 21.7. The number of carbonyl (C=O) groups excluding carboxylic acids is 2. The lowest BCUT2D eigenvalue weighted by Crippen LogP contribution is -2.32. The highest BCUT2D eigenvalue weighted by molar-refractivity contribution is 6.47. The fourth-order valence-electron chi connectivity index (χ4n) is 3.47. The summed E-state index contributed by atoms with van der Waals surface area (Å²) in [6.45, 7) is 0.380. The van der Waals surface area contributed by atoms with Crippen molar-refractivity contribution in [1.29, 1.82) is 0 Å². The largest absolute Gasteiger partial charge is 0.507 e. The first-order valence-electron chi connectivity index (χ1n) is 9.18. The topological polar surface area (TPSA) is 85.3 Å². The van der Waals surface area contributed by atoms with Gasteiger partial charge in [-0.1, -0.05) is 29.8 Å². The second-order valence-electron chi connectivity index (χ2n) is 6.57. The molecule has 30 heavy (non-hydrogen) atoms. The lowest BCUT2D eigenvalue weighted by Gasteiger charge is -2.26. The minimum absolute atomic E-state index is 0.0734. The molecule has 0 aliphatic carbocycles. The van der Waals surface area contributed by atoms with E-state index in [4.69, 9.17) is 25.8 Å². The summed E-state index contributed by atoms with van der Waals surface area (Å²) in [5.41, 5.74) is 0.687. The molecule has 1 fully saturated rings. The molecule has 7 nitrogen and oxygen atoms in total. The molecule has 0 bridgehead atoms. The van der Waals surface area contributed by atoms with Crippen LogP contribution in [-0.4, -0.2) is 56.2 Å². The lowest BCUT2D eigenvalue weighted by molar-refractivity contribution is -0.140. The second-order valence-corrected chi connectivity index (χ2v) is 6.98. The molecule has 1 saturated heterocycles. The Morgan fingerprint density at radius 1 is 1.10 bits per heavy atom. The van der Waals surface area contributed by atoms with Gasteiger partial charge < -0.3 is 24.2 Å². The third-order valence-corrected chi connectivity index (χ3v) is 5.27. The number of Topliss-reactive ketones (excluding diaryl/α,β-unsaturated/α-hetero) is 1. The standard InChI is InChI=1S/C22H22ClNO6/c1-28-11-10-24-19(14-6-4-5-7-17(14)30-3)18(21(26)22(24)27)20(25)15-12-13(29-2)8-9-16(15)23/h4-9,12,19,25H,10-11H2,1-3H3/b20-18+. The molecule has 0 radical (unpaired) electrons. The highest BCUT2D eigenvalue weighted by Crippen LogP contribution is 2.43. The van der Waals surface area contributed by atoms with Gasteiger partial charge in [0.2, 0.25) is 0 Å². The van der Waals surface area contributed by atoms with E-state index in [1.54, 1.807) is 36.4 Å². The average Bonchev–Trinajstić information content (AvgIpc) is 3.02. The first-order chi connectivity index (χ1) is 14.4. The van der Waals surface area contributed by atoms with E-state index in [2.05, 4.69) is 0 Å². The van der Waals surface area contributed by atoms with Crippen molar-refractivity contribution in [3.05, 3.63) is 64.2 Å². The Morgan fingerprint density at radius 3 is 2.50 bits per heavy atom. The minimum atomic E-state index is -0.862. The summed E-state index contributed by atoms with van der Waals surface area (Å²) in [7, 11) is 4.48. The van der Waals surface area contributed by atoms with E-state index in [0.717, 1.165) is 0 Å². The lowest BCUT2D eigenvalue weighted by atomic mass is 9.94. The van der Waals surface area contributed by atoms with Crippen molar-refractivity contribution in [3.63, 3.8) is 0 Å². The number of aliphatic hydroxyl groups excluding tert-OH is 1. The Kier molecular flexibility index (Phi) is 6.64. The zero-order valence-corrected chi connectivity index (χ0v) is 17.6. The number of methoxy groups -OCH3 is 3. The Labute approximate surface area is 179 Å². The van der Waals surface area contributed by atoms with Crippen LogP contribution in [0.3, 0.4) is 0 Å². The van der Waals surface area contributed by atoms with E-state index in [-0.39, 0.29) is 35.1 Å². The van der Waals surface area contributed by atoms with Crippen molar-refractivity contribution >= 4 is 29.1 Å². The van der Waals surface area contributed by atoms with E-state index in [1.807, 2.05) is 0 Å². The Balaban J connectivity index is 2.25. The second kappa shape index (κ2) is 9.19. The molecule has 1 aliphatic rings. The van der Waals surface area contributed by atoms with Crippen molar-refractivity contribution in [1.82, 2.24) is 4.90 Å². The maximum atomic E-state index is 13.0. The summed E-state index contributed by atoms with van der Waals surface area (Å²) in [6.07, 6.45) is 0. The molecule has 8 heteroatoms. The van der Waals surface area contributed by atoms with Gasteiger partial charge in [0.15, 0.2) is 0 Å². The molecule has 1 heterocycles. The van der Waals surface area contributed by atoms with E-state index in [0.29, 0.717) is 17.1 Å². The van der Waals surface area contributed by atoms with Crippen LogP contribution in [-0.2, 0) is 14.3 Å². The van der Waals surface area contributed by atoms with E-state index in [9.17, 15) is 14.7 Å². The number of likely N-dealkylation sites (tertiary alicyclic amines) is 1. The number of rotatable bonds is 7. The number of aliphatic hydroxyl groups is 1. The predicted octanol–water partition coefficient (Wildman–Crippen LogP) is 3.43. The average molecular weight is 432 g/mol. The minimum Gasteiger partial charge on any atom is -0.507 e. The summed E-state index contributed by atoms with van der Waals surface area (Å²) in [6, 6.07) is 10.9. The molecule has 1 atom stereocenters. The summed E-state index contributed by atoms with van der Waals surface area (Å²) < 4.78 is 15.8. The van der Waals surface area contributed by atoms with Crippen molar-refractivity contribution in [2.24, 2.45) is 0 Å². The van der Waals surface area contributed by atoms with Gasteiger partial charge in [0.05, 0.1) is 37.5 Å². The number of nitrogens with zero attached hydrogens (tertiary/aromatic N) is 1. The van der Waals surface area contributed by atoms with Gasteiger partial charge in [-0.25, -0.2) is 0 Å². The molecule has 2 aromatic carbocycles. The summed E-state index contributed by atoms with van der Waals surface area (Å²) in [5, 5.41) is 11.3. The third kappa shape index (κ3) is 3.86. The van der Waals surface area contributed by atoms with Crippen LogP contribution in [0.4, 0.5) is 0 Å². The van der Waals surface area contributed by atoms with Gasteiger partial charge in [0.1, 0.15) is 17.3 Å². The molecule has 0 aromatic heterocycles. The molecule has 1 unspecified atom stereocenters. The molecular weight excluding hydrogens is 410 g/mol. The molecular formula is C22H22ClNO6. The fraction of sp³-hybridized carbons (Fsp3) is 0.273. The maximum Gasteiger partial charge on any atom is 0.295 e. The van der Waals surface area contributed by atoms with Crippen LogP contribution >= 0.6 is 11.6 Å².